The number of thiophene rings is 1. The molecule has 2 aliphatic rings. The maximum absolute atomic E-state index is 4.53. The molecule has 0 saturated heterocycles. The molecule has 1 saturated carbocycles. The number of nitrogens with zero attached hydrogens (tertiary/aromatic N) is 2. The zero-order valence-corrected chi connectivity index (χ0v) is 13.4. The first-order valence-corrected chi connectivity index (χ1v) is 9.40. The van der Waals surface area contributed by atoms with Crippen LogP contribution in [0.4, 0.5) is 5.82 Å². The highest BCUT2D eigenvalue weighted by Gasteiger charge is 2.41. The van der Waals surface area contributed by atoms with E-state index in [1.54, 1.807) is 11.2 Å². The lowest BCUT2D eigenvalue weighted by Gasteiger charge is -2.15. The van der Waals surface area contributed by atoms with Gasteiger partial charge in [-0.05, 0) is 50.3 Å². The summed E-state index contributed by atoms with van der Waals surface area (Å²) in [4.78, 5) is 11.7. The summed E-state index contributed by atoms with van der Waals surface area (Å²) in [5, 5.41) is 4.92. The van der Waals surface area contributed by atoms with Crippen molar-refractivity contribution >= 4 is 39.1 Å². The van der Waals surface area contributed by atoms with Crippen molar-refractivity contribution in [3.05, 3.63) is 16.8 Å². The van der Waals surface area contributed by atoms with E-state index in [1.807, 2.05) is 23.1 Å². The number of aromatic nitrogens is 2. The summed E-state index contributed by atoms with van der Waals surface area (Å²) in [6.45, 7) is 1.03. The number of hydrogen-bond donors (Lipinski definition) is 1. The van der Waals surface area contributed by atoms with Gasteiger partial charge in [0.25, 0.3) is 0 Å². The SMILES string of the molecule is CSC1(CNc2ncnc3sc4c(c23)CCCC4)CC1. The number of anilines is 1. The smallest absolute Gasteiger partial charge is 0.138 e. The summed E-state index contributed by atoms with van der Waals surface area (Å²) in [5.74, 6) is 1.06. The quantitative estimate of drug-likeness (QED) is 0.930. The van der Waals surface area contributed by atoms with Crippen molar-refractivity contribution in [2.75, 3.05) is 18.1 Å². The number of aryl methyl sites for hydroxylation is 2. The molecule has 2 aromatic heterocycles. The summed E-state index contributed by atoms with van der Waals surface area (Å²) in [6, 6.07) is 0. The van der Waals surface area contributed by atoms with Crippen molar-refractivity contribution in [3.8, 4) is 0 Å². The van der Waals surface area contributed by atoms with Gasteiger partial charge in [0, 0.05) is 16.2 Å². The Hall–Kier alpha value is -0.810. The van der Waals surface area contributed by atoms with Crippen LogP contribution in [0.3, 0.4) is 0 Å². The van der Waals surface area contributed by atoms with Gasteiger partial charge in [0.05, 0.1) is 5.39 Å². The molecular weight excluding hydrogens is 286 g/mol. The fourth-order valence-electron chi connectivity index (χ4n) is 3.06. The van der Waals surface area contributed by atoms with Gasteiger partial charge in [-0.3, -0.25) is 0 Å². The molecule has 4 rings (SSSR count). The van der Waals surface area contributed by atoms with Crippen LogP contribution in [0.1, 0.15) is 36.1 Å². The highest BCUT2D eigenvalue weighted by atomic mass is 32.2. The van der Waals surface area contributed by atoms with Crippen LogP contribution >= 0.6 is 23.1 Å². The van der Waals surface area contributed by atoms with E-state index >= 15 is 0 Å². The minimum absolute atomic E-state index is 0.466. The first kappa shape index (κ1) is 12.9. The first-order chi connectivity index (χ1) is 9.81. The van der Waals surface area contributed by atoms with Gasteiger partial charge in [-0.2, -0.15) is 11.8 Å². The molecule has 5 heteroatoms. The number of fused-ring (bicyclic) bond motifs is 3. The maximum Gasteiger partial charge on any atom is 0.138 e. The van der Waals surface area contributed by atoms with Gasteiger partial charge in [0.15, 0.2) is 0 Å². The Morgan fingerprint density at radius 3 is 2.95 bits per heavy atom. The summed E-state index contributed by atoms with van der Waals surface area (Å²) in [6.07, 6.45) is 11.7. The number of thioether (sulfide) groups is 1. The lowest BCUT2D eigenvalue weighted by molar-refractivity contribution is 0.700. The third kappa shape index (κ3) is 2.11. The van der Waals surface area contributed by atoms with Gasteiger partial charge in [0.2, 0.25) is 0 Å². The zero-order valence-electron chi connectivity index (χ0n) is 11.7. The Morgan fingerprint density at radius 2 is 2.15 bits per heavy atom. The minimum Gasteiger partial charge on any atom is -0.368 e. The predicted octanol–water partition coefficient (Wildman–Crippen LogP) is 3.88. The maximum atomic E-state index is 4.53. The molecule has 1 N–H and O–H groups in total. The second-order valence-electron chi connectivity index (χ2n) is 5.85. The molecule has 20 heavy (non-hydrogen) atoms. The Kier molecular flexibility index (Phi) is 3.15. The minimum atomic E-state index is 0.466. The van der Waals surface area contributed by atoms with E-state index in [0.717, 1.165) is 12.4 Å². The second kappa shape index (κ2) is 4.88. The molecule has 3 nitrogen and oxygen atoms in total. The molecule has 2 aromatic rings. The lowest BCUT2D eigenvalue weighted by Crippen LogP contribution is -2.18. The summed E-state index contributed by atoms with van der Waals surface area (Å²) in [5.41, 5.74) is 1.52. The van der Waals surface area contributed by atoms with E-state index in [1.165, 1.54) is 54.3 Å². The van der Waals surface area contributed by atoms with Crippen molar-refractivity contribution in [2.45, 2.75) is 43.3 Å². The molecule has 0 spiro atoms. The number of nitrogens with one attached hydrogen (secondary N) is 1. The summed E-state index contributed by atoms with van der Waals surface area (Å²) >= 11 is 3.86. The van der Waals surface area contributed by atoms with Crippen LogP contribution in [0.25, 0.3) is 10.2 Å². The van der Waals surface area contributed by atoms with E-state index in [-0.39, 0.29) is 0 Å². The normalized spacial score (nSPS) is 19.9. The molecule has 0 amide bonds. The molecule has 0 aliphatic heterocycles. The van der Waals surface area contributed by atoms with Crippen LogP contribution in [-0.2, 0) is 12.8 Å². The Morgan fingerprint density at radius 1 is 1.30 bits per heavy atom. The average Bonchev–Trinajstić information content (AvgIpc) is 3.17. The summed E-state index contributed by atoms with van der Waals surface area (Å²) < 4.78 is 0.466. The van der Waals surface area contributed by atoms with Gasteiger partial charge >= 0.3 is 0 Å². The fourth-order valence-corrected chi connectivity index (χ4v) is 5.02. The summed E-state index contributed by atoms with van der Waals surface area (Å²) in [7, 11) is 0. The van der Waals surface area contributed by atoms with Gasteiger partial charge in [0.1, 0.15) is 17.0 Å². The highest BCUT2D eigenvalue weighted by molar-refractivity contribution is 8.00. The molecule has 1 fully saturated rings. The monoisotopic (exact) mass is 305 g/mol. The Labute approximate surface area is 127 Å². The van der Waals surface area contributed by atoms with Crippen LogP contribution in [0, 0.1) is 0 Å². The van der Waals surface area contributed by atoms with E-state index in [4.69, 9.17) is 0 Å². The molecule has 0 radical (unpaired) electrons. The van der Waals surface area contributed by atoms with Crippen LogP contribution < -0.4 is 5.32 Å². The Balaban J connectivity index is 1.69. The topological polar surface area (TPSA) is 37.8 Å². The van der Waals surface area contributed by atoms with Gasteiger partial charge in [-0.25, -0.2) is 9.97 Å². The number of rotatable bonds is 4. The predicted molar refractivity (Wildman–Crippen MR) is 88.0 cm³/mol. The molecule has 0 unspecified atom stereocenters. The van der Waals surface area contributed by atoms with Crippen LogP contribution in [0.5, 0.6) is 0 Å². The molecule has 0 bridgehead atoms. The van der Waals surface area contributed by atoms with Crippen LogP contribution in [0.2, 0.25) is 0 Å². The van der Waals surface area contributed by atoms with Crippen molar-refractivity contribution < 1.29 is 0 Å². The van der Waals surface area contributed by atoms with Crippen molar-refractivity contribution in [3.63, 3.8) is 0 Å². The fraction of sp³-hybridized carbons (Fsp3) is 0.600. The zero-order chi connectivity index (χ0) is 13.6. The van der Waals surface area contributed by atoms with E-state index in [0.29, 0.717) is 4.75 Å². The molecule has 2 heterocycles. The van der Waals surface area contributed by atoms with Gasteiger partial charge < -0.3 is 5.32 Å². The third-order valence-corrected chi connectivity index (χ3v) is 7.19. The number of hydrogen-bond acceptors (Lipinski definition) is 5. The molecule has 0 aromatic carbocycles. The first-order valence-electron chi connectivity index (χ1n) is 7.36. The standard InChI is InChI=1S/C15H19N3S2/c1-19-15(6-7-15)8-16-13-12-10-4-2-3-5-11(10)20-14(12)18-9-17-13/h9H,2-8H2,1H3,(H,16,17,18). The molecule has 2 aliphatic carbocycles. The second-order valence-corrected chi connectivity index (χ2v) is 8.21. The highest BCUT2D eigenvalue weighted by Crippen LogP contribution is 2.47. The largest absolute Gasteiger partial charge is 0.368 e. The van der Waals surface area contributed by atoms with E-state index in [2.05, 4.69) is 21.5 Å². The van der Waals surface area contributed by atoms with Crippen molar-refractivity contribution in [2.24, 2.45) is 0 Å². The van der Waals surface area contributed by atoms with Crippen LogP contribution in [-0.4, -0.2) is 27.5 Å². The van der Waals surface area contributed by atoms with E-state index < -0.39 is 0 Å². The lowest BCUT2D eigenvalue weighted by atomic mass is 9.97. The molecule has 106 valence electrons. The average molecular weight is 305 g/mol. The van der Waals surface area contributed by atoms with Crippen LogP contribution in [0.15, 0.2) is 6.33 Å². The van der Waals surface area contributed by atoms with Gasteiger partial charge in [-0.1, -0.05) is 0 Å². The van der Waals surface area contributed by atoms with E-state index in [9.17, 15) is 0 Å². The molecule has 0 atom stereocenters. The Bertz CT molecular complexity index is 646. The molecular formula is C15H19N3S2. The third-order valence-electron chi connectivity index (χ3n) is 4.57. The van der Waals surface area contributed by atoms with Crippen molar-refractivity contribution in [1.82, 2.24) is 9.97 Å². The van der Waals surface area contributed by atoms with Crippen molar-refractivity contribution in [1.29, 1.82) is 0 Å². The van der Waals surface area contributed by atoms with Gasteiger partial charge in [-0.15, -0.1) is 11.3 Å².